The van der Waals surface area contributed by atoms with Crippen LogP contribution in [0, 0.1) is 6.92 Å². The molecule has 0 radical (unpaired) electrons. The molecular formula is C32H35N5O3S. The number of nitrogens with zero attached hydrogens (tertiary/aromatic N) is 3. The predicted octanol–water partition coefficient (Wildman–Crippen LogP) is 6.99. The molecule has 0 bridgehead atoms. The fourth-order valence-electron chi connectivity index (χ4n) is 4.75. The number of carbonyl (C=O) groups is 1. The van der Waals surface area contributed by atoms with E-state index in [-0.39, 0.29) is 5.91 Å². The first-order valence-corrected chi connectivity index (χ1v) is 14.8. The summed E-state index contributed by atoms with van der Waals surface area (Å²) in [5, 5.41) is 11.8. The zero-order valence-electron chi connectivity index (χ0n) is 23.8. The molecule has 2 heterocycles. The number of hydrogen-bond donors (Lipinski definition) is 2. The lowest BCUT2D eigenvalue weighted by atomic mass is 9.94. The van der Waals surface area contributed by atoms with Crippen LogP contribution in [0.5, 0.6) is 11.5 Å². The summed E-state index contributed by atoms with van der Waals surface area (Å²) in [6.45, 7) is 8.92. The number of aryl methyl sites for hydroxylation is 1. The minimum Gasteiger partial charge on any atom is -0.490 e. The van der Waals surface area contributed by atoms with E-state index in [0.29, 0.717) is 47.1 Å². The Bertz CT molecular complexity index is 1550. The topological polar surface area (TPSA) is 90.3 Å². The highest BCUT2D eigenvalue weighted by atomic mass is 32.2. The number of carbonyl (C=O) groups excluding carboxylic acids is 1. The molecule has 8 nitrogen and oxygen atoms in total. The number of aromatic nitrogens is 3. The molecule has 1 atom stereocenters. The number of anilines is 2. The summed E-state index contributed by atoms with van der Waals surface area (Å²) in [5.41, 5.74) is 5.09. The molecule has 1 unspecified atom stereocenters. The monoisotopic (exact) mass is 569 g/mol. The average Bonchev–Trinajstić information content (AvgIpc) is 3.37. The first kappa shape index (κ1) is 28.3. The number of para-hydroxylation sites is 1. The van der Waals surface area contributed by atoms with Crippen LogP contribution in [-0.4, -0.2) is 33.0 Å². The third kappa shape index (κ3) is 6.57. The number of rotatable bonds is 11. The third-order valence-corrected chi connectivity index (χ3v) is 7.65. The van der Waals surface area contributed by atoms with Gasteiger partial charge in [-0.3, -0.25) is 4.79 Å². The van der Waals surface area contributed by atoms with E-state index in [1.807, 2.05) is 74.5 Å². The van der Waals surface area contributed by atoms with Crippen molar-refractivity contribution >= 4 is 29.3 Å². The number of nitrogens with one attached hydrogen (secondary N) is 2. The Morgan fingerprint density at radius 1 is 1.00 bits per heavy atom. The van der Waals surface area contributed by atoms with E-state index in [1.54, 1.807) is 16.4 Å². The van der Waals surface area contributed by atoms with Gasteiger partial charge in [-0.1, -0.05) is 72.8 Å². The largest absolute Gasteiger partial charge is 0.490 e. The van der Waals surface area contributed by atoms with Crippen molar-refractivity contribution in [2.24, 2.45) is 0 Å². The van der Waals surface area contributed by atoms with Crippen molar-refractivity contribution in [3.05, 3.63) is 101 Å². The highest BCUT2D eigenvalue weighted by Gasteiger charge is 2.35. The predicted molar refractivity (Wildman–Crippen MR) is 164 cm³/mol. The highest BCUT2D eigenvalue weighted by molar-refractivity contribution is 7.99. The zero-order valence-corrected chi connectivity index (χ0v) is 24.6. The molecule has 0 spiro atoms. The number of hydrogen-bond acceptors (Lipinski definition) is 7. The van der Waals surface area contributed by atoms with Crippen LogP contribution in [0.1, 0.15) is 49.9 Å². The molecule has 5 rings (SSSR count). The van der Waals surface area contributed by atoms with Crippen molar-refractivity contribution in [2.75, 3.05) is 23.0 Å². The normalized spacial score (nSPS) is 14.3. The summed E-state index contributed by atoms with van der Waals surface area (Å²) in [6, 6.07) is 23.0. The summed E-state index contributed by atoms with van der Waals surface area (Å²) >= 11 is 1.60. The molecule has 0 fully saturated rings. The van der Waals surface area contributed by atoms with E-state index in [0.717, 1.165) is 29.0 Å². The van der Waals surface area contributed by atoms with Crippen molar-refractivity contribution < 1.29 is 14.3 Å². The minimum atomic E-state index is -0.525. The number of amides is 1. The summed E-state index contributed by atoms with van der Waals surface area (Å²) in [7, 11) is 0. The van der Waals surface area contributed by atoms with Gasteiger partial charge in [0, 0.05) is 17.1 Å². The molecule has 0 saturated carbocycles. The second-order valence-corrected chi connectivity index (χ2v) is 10.9. The maximum atomic E-state index is 13.8. The van der Waals surface area contributed by atoms with Crippen LogP contribution >= 0.6 is 11.8 Å². The summed E-state index contributed by atoms with van der Waals surface area (Å²) in [5.74, 6) is 2.54. The third-order valence-electron chi connectivity index (χ3n) is 6.60. The molecule has 1 amide bonds. The van der Waals surface area contributed by atoms with E-state index in [4.69, 9.17) is 19.6 Å². The van der Waals surface area contributed by atoms with E-state index in [1.165, 1.54) is 5.56 Å². The average molecular weight is 570 g/mol. The summed E-state index contributed by atoms with van der Waals surface area (Å²) < 4.78 is 14.0. The SMILES string of the molecule is CCCSc1nc2n(n1)C(c1ccc(OCc3cccc(C)c3)c(OCC)c1)C(C(=O)Nc1ccccc1)=C(C)N2. The molecule has 2 N–H and O–H groups in total. The lowest BCUT2D eigenvalue weighted by Gasteiger charge is -2.29. The van der Waals surface area contributed by atoms with Crippen LogP contribution in [-0.2, 0) is 11.4 Å². The minimum absolute atomic E-state index is 0.215. The van der Waals surface area contributed by atoms with Crippen molar-refractivity contribution in [2.45, 2.75) is 51.9 Å². The van der Waals surface area contributed by atoms with Crippen LogP contribution in [0.15, 0.2) is 89.2 Å². The van der Waals surface area contributed by atoms with Gasteiger partial charge >= 0.3 is 0 Å². The van der Waals surface area contributed by atoms with Gasteiger partial charge in [-0.05, 0) is 62.6 Å². The standard InChI is InChI=1S/C32H35N5O3S/c1-5-17-41-32-35-31-33-22(4)28(30(38)34-25-13-8-7-9-14-25)29(37(31)36-32)24-15-16-26(27(19-24)39-6-2)40-20-23-12-10-11-21(3)18-23/h7-16,18-19,29H,5-6,17,20H2,1-4H3,(H,34,38)(H,33,35,36). The number of ether oxygens (including phenoxy) is 2. The van der Waals surface area contributed by atoms with Crippen LogP contribution in [0.4, 0.5) is 11.6 Å². The summed E-state index contributed by atoms with van der Waals surface area (Å²) in [4.78, 5) is 18.5. The smallest absolute Gasteiger partial charge is 0.255 e. The van der Waals surface area contributed by atoms with E-state index in [9.17, 15) is 4.79 Å². The maximum Gasteiger partial charge on any atom is 0.255 e. The number of fused-ring (bicyclic) bond motifs is 1. The van der Waals surface area contributed by atoms with Crippen LogP contribution < -0.4 is 20.1 Å². The lowest BCUT2D eigenvalue weighted by Crippen LogP contribution is -2.31. The number of benzene rings is 3. The second kappa shape index (κ2) is 13.0. The van der Waals surface area contributed by atoms with Gasteiger partial charge in [0.05, 0.1) is 12.2 Å². The van der Waals surface area contributed by atoms with Gasteiger partial charge in [0.25, 0.3) is 5.91 Å². The van der Waals surface area contributed by atoms with Gasteiger partial charge in [0.15, 0.2) is 11.5 Å². The first-order valence-electron chi connectivity index (χ1n) is 13.9. The fourth-order valence-corrected chi connectivity index (χ4v) is 5.44. The van der Waals surface area contributed by atoms with Gasteiger partial charge < -0.3 is 20.1 Å². The van der Waals surface area contributed by atoms with Crippen LogP contribution in [0.3, 0.4) is 0 Å². The molecule has 1 aliphatic rings. The first-order chi connectivity index (χ1) is 20.0. The molecule has 0 aliphatic carbocycles. The molecule has 212 valence electrons. The Morgan fingerprint density at radius 3 is 2.59 bits per heavy atom. The Labute approximate surface area is 245 Å². The zero-order chi connectivity index (χ0) is 28.8. The second-order valence-electron chi connectivity index (χ2n) is 9.81. The highest BCUT2D eigenvalue weighted by Crippen LogP contribution is 2.40. The number of allylic oxidation sites excluding steroid dienone is 1. The molecular weight excluding hydrogens is 534 g/mol. The Balaban J connectivity index is 1.52. The fraction of sp³-hybridized carbons (Fsp3) is 0.281. The molecule has 3 aromatic carbocycles. The quantitative estimate of drug-likeness (QED) is 0.188. The Morgan fingerprint density at radius 2 is 1.83 bits per heavy atom. The molecule has 4 aromatic rings. The molecule has 41 heavy (non-hydrogen) atoms. The van der Waals surface area contributed by atoms with Crippen molar-refractivity contribution in [3.63, 3.8) is 0 Å². The van der Waals surface area contributed by atoms with E-state index >= 15 is 0 Å². The van der Waals surface area contributed by atoms with Gasteiger partial charge in [0.1, 0.15) is 12.6 Å². The Kier molecular flexibility index (Phi) is 8.94. The van der Waals surface area contributed by atoms with Crippen molar-refractivity contribution in [3.8, 4) is 11.5 Å². The molecule has 9 heteroatoms. The van der Waals surface area contributed by atoms with Gasteiger partial charge in [-0.2, -0.15) is 4.98 Å². The maximum absolute atomic E-state index is 13.8. The van der Waals surface area contributed by atoms with Crippen molar-refractivity contribution in [1.82, 2.24) is 14.8 Å². The summed E-state index contributed by atoms with van der Waals surface area (Å²) in [6.07, 6.45) is 1.01. The molecule has 1 aromatic heterocycles. The van der Waals surface area contributed by atoms with Crippen LogP contribution in [0.2, 0.25) is 0 Å². The molecule has 1 aliphatic heterocycles. The van der Waals surface area contributed by atoms with Crippen LogP contribution in [0.25, 0.3) is 0 Å². The van der Waals surface area contributed by atoms with Gasteiger partial charge in [-0.15, -0.1) is 5.10 Å². The number of thioether (sulfide) groups is 1. The van der Waals surface area contributed by atoms with Gasteiger partial charge in [-0.25, -0.2) is 4.68 Å². The van der Waals surface area contributed by atoms with E-state index in [2.05, 4.69) is 36.6 Å². The Hall–Kier alpha value is -4.24. The van der Waals surface area contributed by atoms with Gasteiger partial charge in [0.2, 0.25) is 11.1 Å². The van der Waals surface area contributed by atoms with Crippen molar-refractivity contribution in [1.29, 1.82) is 0 Å². The lowest BCUT2D eigenvalue weighted by molar-refractivity contribution is -0.113. The van der Waals surface area contributed by atoms with E-state index < -0.39 is 6.04 Å². The molecule has 0 saturated heterocycles.